The van der Waals surface area contributed by atoms with Gasteiger partial charge < -0.3 is 52.7 Å². The molecule has 0 bridgehead atoms. The molecular weight excluding hydrogens is 698 g/mol. The Bertz CT molecular complexity index is 2060. The van der Waals surface area contributed by atoms with E-state index < -0.39 is 29.7 Å². The maximum Gasteiger partial charge on any atom is 0.310 e. The number of methoxy groups -OCH3 is 7. The molecule has 4 atom stereocenters. The number of cyclic esters (lactones) is 1. The second kappa shape index (κ2) is 15.0. The SMILES string of the molecule is COc1ccc(/C=C(/C(=O)N[C@@H]2c3cc4c(cc3[C@@H](c3cc(OC)c(OC)c(OC)c3)[C@H]3C(=O)OC[C@@H]32)OCO4)c2cc(OC)c(OC)c(OC)c2)cc1. The first-order valence-corrected chi connectivity index (χ1v) is 17.1. The van der Waals surface area contributed by atoms with E-state index in [4.69, 9.17) is 47.4 Å². The van der Waals surface area contributed by atoms with Crippen molar-refractivity contribution in [2.45, 2.75) is 12.0 Å². The summed E-state index contributed by atoms with van der Waals surface area (Å²) in [5, 5.41) is 3.30. The molecule has 1 N–H and O–H groups in total. The maximum absolute atomic E-state index is 14.9. The lowest BCUT2D eigenvalue weighted by atomic mass is 9.65. The second-order valence-corrected chi connectivity index (χ2v) is 12.8. The third-order valence-electron chi connectivity index (χ3n) is 10.2. The Morgan fingerprint density at radius 1 is 0.685 bits per heavy atom. The molecule has 1 aliphatic carbocycles. The van der Waals surface area contributed by atoms with Crippen LogP contribution in [0, 0.1) is 11.8 Å². The molecule has 2 aliphatic heterocycles. The van der Waals surface area contributed by atoms with Gasteiger partial charge in [0.15, 0.2) is 34.5 Å². The molecule has 0 aromatic heterocycles. The summed E-state index contributed by atoms with van der Waals surface area (Å²) in [4.78, 5) is 28.7. The van der Waals surface area contributed by atoms with Crippen LogP contribution in [0.5, 0.6) is 51.7 Å². The number of ether oxygens (including phenoxy) is 10. The molecule has 0 radical (unpaired) electrons. The molecule has 0 saturated carbocycles. The van der Waals surface area contributed by atoms with Gasteiger partial charge in [0.2, 0.25) is 18.3 Å². The van der Waals surface area contributed by atoms with Gasteiger partial charge in [-0.15, -0.1) is 0 Å². The zero-order valence-electron chi connectivity index (χ0n) is 31.0. The highest BCUT2D eigenvalue weighted by Crippen LogP contribution is 2.56. The number of hydrogen-bond donors (Lipinski definition) is 1. The number of carbonyl (C=O) groups excluding carboxylic acids is 2. The van der Waals surface area contributed by atoms with E-state index in [9.17, 15) is 9.59 Å². The van der Waals surface area contributed by atoms with Crippen molar-refractivity contribution in [3.8, 4) is 51.7 Å². The van der Waals surface area contributed by atoms with Gasteiger partial charge in [0.25, 0.3) is 5.91 Å². The number of fused-ring (bicyclic) bond motifs is 3. The van der Waals surface area contributed by atoms with E-state index in [1.54, 1.807) is 25.3 Å². The van der Waals surface area contributed by atoms with Crippen LogP contribution in [0.1, 0.15) is 39.8 Å². The fourth-order valence-electron chi connectivity index (χ4n) is 7.63. The second-order valence-electron chi connectivity index (χ2n) is 12.8. The predicted octanol–water partition coefficient (Wildman–Crippen LogP) is 5.81. The lowest BCUT2D eigenvalue weighted by Gasteiger charge is -2.39. The molecule has 2 heterocycles. The largest absolute Gasteiger partial charge is 0.497 e. The molecule has 7 rings (SSSR count). The third kappa shape index (κ3) is 6.29. The molecule has 282 valence electrons. The molecule has 1 amide bonds. The van der Waals surface area contributed by atoms with Crippen LogP contribution in [0.3, 0.4) is 0 Å². The average Bonchev–Trinajstić information content (AvgIpc) is 3.83. The van der Waals surface area contributed by atoms with Crippen molar-refractivity contribution in [3.63, 3.8) is 0 Å². The number of amides is 1. The van der Waals surface area contributed by atoms with Gasteiger partial charge >= 0.3 is 5.97 Å². The summed E-state index contributed by atoms with van der Waals surface area (Å²) in [6.07, 6.45) is 1.77. The lowest BCUT2D eigenvalue weighted by molar-refractivity contribution is -0.141. The van der Waals surface area contributed by atoms with E-state index >= 15 is 0 Å². The molecule has 4 aromatic carbocycles. The first-order valence-electron chi connectivity index (χ1n) is 17.1. The van der Waals surface area contributed by atoms with Crippen LogP contribution in [0.25, 0.3) is 11.6 Å². The molecule has 3 aliphatic rings. The van der Waals surface area contributed by atoms with Gasteiger partial charge in [-0.25, -0.2) is 0 Å². The minimum absolute atomic E-state index is 0.0366. The van der Waals surface area contributed by atoms with Crippen molar-refractivity contribution >= 4 is 23.5 Å². The maximum atomic E-state index is 14.9. The molecule has 4 aromatic rings. The van der Waals surface area contributed by atoms with Gasteiger partial charge in [-0.1, -0.05) is 12.1 Å². The first kappa shape index (κ1) is 36.1. The molecule has 0 unspecified atom stereocenters. The number of rotatable bonds is 12. The molecule has 13 nitrogen and oxygen atoms in total. The van der Waals surface area contributed by atoms with Crippen LogP contribution in [0.2, 0.25) is 0 Å². The molecule has 1 fully saturated rings. The highest BCUT2D eigenvalue weighted by atomic mass is 16.7. The van der Waals surface area contributed by atoms with E-state index in [2.05, 4.69) is 5.32 Å². The van der Waals surface area contributed by atoms with Crippen LogP contribution in [0.4, 0.5) is 0 Å². The molecule has 0 spiro atoms. The molecule has 13 heteroatoms. The Hall–Kier alpha value is -6.24. The smallest absolute Gasteiger partial charge is 0.310 e. The highest BCUT2D eigenvalue weighted by molar-refractivity contribution is 6.24. The zero-order valence-corrected chi connectivity index (χ0v) is 31.0. The van der Waals surface area contributed by atoms with E-state index in [1.165, 1.54) is 42.7 Å². The molecular formula is C41H41NO12. The van der Waals surface area contributed by atoms with Crippen LogP contribution in [-0.4, -0.2) is 75.0 Å². The number of benzene rings is 4. The van der Waals surface area contributed by atoms with Crippen molar-refractivity contribution in [3.05, 3.63) is 88.5 Å². The normalized spacial score (nSPS) is 19.5. The van der Waals surface area contributed by atoms with Gasteiger partial charge in [-0.05, 0) is 82.4 Å². The Kier molecular flexibility index (Phi) is 10.0. The summed E-state index contributed by atoms with van der Waals surface area (Å²) in [6, 6.07) is 17.5. The monoisotopic (exact) mass is 739 g/mol. The minimum atomic E-state index is -0.693. The minimum Gasteiger partial charge on any atom is -0.497 e. The standard InChI is InChI=1S/C41H41NO12/c1-45-24-10-8-21(9-11-24)12-25(22-13-31(46-2)38(50-6)32(14-22)47-3)40(43)42-37-27-18-30-29(53-20-54-30)17-26(27)35(36-28(37)19-52-41(36)44)23-15-33(48-4)39(51-7)34(16-23)49-5/h8-18,28,35-37H,19-20H2,1-7H3,(H,42,43)/b25-12+/t28-,35+,36-,37+/m0/s1. The van der Waals surface area contributed by atoms with Crippen molar-refractivity contribution in [2.24, 2.45) is 11.8 Å². The Labute approximate surface area is 312 Å². The van der Waals surface area contributed by atoms with E-state index in [1.807, 2.05) is 48.5 Å². The predicted molar refractivity (Wildman–Crippen MR) is 196 cm³/mol. The third-order valence-corrected chi connectivity index (χ3v) is 10.2. The van der Waals surface area contributed by atoms with Crippen molar-refractivity contribution < 1.29 is 57.0 Å². The fraction of sp³-hybridized carbons (Fsp3) is 0.317. The summed E-state index contributed by atoms with van der Waals surface area (Å²) in [6.45, 7) is 0.111. The summed E-state index contributed by atoms with van der Waals surface area (Å²) < 4.78 is 56.7. The van der Waals surface area contributed by atoms with Crippen molar-refractivity contribution in [1.29, 1.82) is 0 Å². The topological polar surface area (TPSA) is 138 Å². The Morgan fingerprint density at radius 2 is 1.24 bits per heavy atom. The van der Waals surface area contributed by atoms with Gasteiger partial charge in [0.1, 0.15) is 5.75 Å². The van der Waals surface area contributed by atoms with E-state index in [0.29, 0.717) is 62.9 Å². The van der Waals surface area contributed by atoms with Gasteiger partial charge in [-0.3, -0.25) is 9.59 Å². The van der Waals surface area contributed by atoms with Crippen molar-refractivity contribution in [1.82, 2.24) is 5.32 Å². The van der Waals surface area contributed by atoms with Crippen molar-refractivity contribution in [2.75, 3.05) is 63.2 Å². The molecule has 54 heavy (non-hydrogen) atoms. The quantitative estimate of drug-likeness (QED) is 0.107. The summed E-state index contributed by atoms with van der Waals surface area (Å²) in [5.41, 5.74) is 3.79. The Morgan fingerprint density at radius 3 is 1.78 bits per heavy atom. The first-order chi connectivity index (χ1) is 26.3. The number of nitrogens with one attached hydrogen (secondary N) is 1. The zero-order chi connectivity index (χ0) is 38.1. The van der Waals surface area contributed by atoms with E-state index in [-0.39, 0.29) is 19.4 Å². The number of carbonyl (C=O) groups is 2. The van der Waals surface area contributed by atoms with Crippen LogP contribution in [-0.2, 0) is 14.3 Å². The van der Waals surface area contributed by atoms with E-state index in [0.717, 1.165) is 22.3 Å². The van der Waals surface area contributed by atoms with Gasteiger partial charge in [-0.2, -0.15) is 0 Å². The summed E-state index contributed by atoms with van der Waals surface area (Å²) >= 11 is 0. The fourth-order valence-corrected chi connectivity index (χ4v) is 7.63. The Balaban J connectivity index is 1.38. The average molecular weight is 740 g/mol. The van der Waals surface area contributed by atoms with Crippen LogP contribution in [0.15, 0.2) is 60.7 Å². The number of esters is 1. The van der Waals surface area contributed by atoms with Crippen LogP contribution < -0.4 is 47.9 Å². The van der Waals surface area contributed by atoms with Crippen LogP contribution >= 0.6 is 0 Å². The van der Waals surface area contributed by atoms with Gasteiger partial charge in [0.05, 0.1) is 68.3 Å². The summed E-state index contributed by atoms with van der Waals surface area (Å²) in [5.74, 6) is 1.65. The lowest BCUT2D eigenvalue weighted by Crippen LogP contribution is -2.43. The van der Waals surface area contributed by atoms with Gasteiger partial charge in [0, 0.05) is 17.4 Å². The number of hydrogen-bond acceptors (Lipinski definition) is 12. The summed E-state index contributed by atoms with van der Waals surface area (Å²) in [7, 11) is 10.7. The highest BCUT2D eigenvalue weighted by Gasteiger charge is 2.53. The molecule has 1 saturated heterocycles.